The Bertz CT molecular complexity index is 288. The monoisotopic (exact) mass is 202 g/mol. The Hall–Kier alpha value is -0.760. The maximum atomic E-state index is 12.4. The minimum atomic E-state index is -0.410. The second-order valence-corrected chi connectivity index (χ2v) is 3.30. The number of hydrogen-bond acceptors (Lipinski definition) is 1. The van der Waals surface area contributed by atoms with Crippen LogP contribution in [0.5, 0.6) is 5.75 Å². The molecule has 0 radical (unpaired) electrons. The van der Waals surface area contributed by atoms with Gasteiger partial charge in [0.1, 0.15) is 5.75 Å². The molecule has 0 saturated heterocycles. The fourth-order valence-electron chi connectivity index (χ4n) is 1.15. The largest absolute Gasteiger partial charge is 0.495 e. The van der Waals surface area contributed by atoms with Crippen LogP contribution in [0, 0.1) is 0 Å². The lowest BCUT2D eigenvalue weighted by Crippen LogP contribution is -1.97. The van der Waals surface area contributed by atoms with E-state index < -0.39 is 6.67 Å². The summed E-state index contributed by atoms with van der Waals surface area (Å²) in [7, 11) is 1.55. The zero-order valence-electron chi connectivity index (χ0n) is 7.68. The molecule has 0 aliphatic carbocycles. The Kier molecular flexibility index (Phi) is 3.55. The Morgan fingerprint density at radius 2 is 2.23 bits per heavy atom. The van der Waals surface area contributed by atoms with Crippen molar-refractivity contribution in [1.29, 1.82) is 0 Å². The predicted octanol–water partition coefficient (Wildman–Crippen LogP) is 3.42. The highest BCUT2D eigenvalue weighted by Gasteiger charge is 2.12. The van der Waals surface area contributed by atoms with Crippen LogP contribution in [0.3, 0.4) is 0 Å². The molecule has 1 atom stereocenters. The maximum Gasteiger partial charge on any atom is 0.137 e. The molecule has 0 amide bonds. The second kappa shape index (κ2) is 4.47. The fraction of sp³-hybridized carbons (Fsp3) is 0.400. The normalized spacial score (nSPS) is 12.6. The van der Waals surface area contributed by atoms with E-state index in [1.165, 1.54) is 0 Å². The van der Waals surface area contributed by atoms with Gasteiger partial charge in [-0.05, 0) is 11.6 Å². The quantitative estimate of drug-likeness (QED) is 0.730. The van der Waals surface area contributed by atoms with Crippen LogP contribution in [0.1, 0.15) is 18.4 Å². The SMILES string of the molecule is COc1cccc(C(C)CF)c1Cl. The van der Waals surface area contributed by atoms with Crippen LogP contribution in [-0.4, -0.2) is 13.8 Å². The van der Waals surface area contributed by atoms with E-state index >= 15 is 0 Å². The first-order valence-corrected chi connectivity index (χ1v) is 4.46. The van der Waals surface area contributed by atoms with Gasteiger partial charge in [0.2, 0.25) is 0 Å². The lowest BCUT2D eigenvalue weighted by atomic mass is 10.0. The number of rotatable bonds is 3. The van der Waals surface area contributed by atoms with E-state index in [9.17, 15) is 4.39 Å². The van der Waals surface area contributed by atoms with Gasteiger partial charge in [-0.2, -0.15) is 0 Å². The summed E-state index contributed by atoms with van der Waals surface area (Å²) >= 11 is 5.99. The molecule has 13 heavy (non-hydrogen) atoms. The van der Waals surface area contributed by atoms with Gasteiger partial charge in [0.05, 0.1) is 18.8 Å². The molecular formula is C10H12ClFO. The van der Waals surface area contributed by atoms with Crippen molar-refractivity contribution in [3.8, 4) is 5.75 Å². The van der Waals surface area contributed by atoms with E-state index in [-0.39, 0.29) is 5.92 Å². The molecule has 1 aromatic carbocycles. The molecule has 3 heteroatoms. The molecule has 0 fully saturated rings. The highest BCUT2D eigenvalue weighted by Crippen LogP contribution is 2.32. The molecular weight excluding hydrogens is 191 g/mol. The molecule has 0 heterocycles. The predicted molar refractivity (Wildman–Crippen MR) is 52.4 cm³/mol. The van der Waals surface area contributed by atoms with Gasteiger partial charge < -0.3 is 4.74 Å². The molecule has 72 valence electrons. The Labute approximate surface area is 82.5 Å². The van der Waals surface area contributed by atoms with E-state index in [1.807, 2.05) is 12.1 Å². The van der Waals surface area contributed by atoms with Crippen molar-refractivity contribution in [2.75, 3.05) is 13.8 Å². The minimum absolute atomic E-state index is 0.178. The number of halogens is 2. The first-order chi connectivity index (χ1) is 6.20. The number of benzene rings is 1. The summed E-state index contributed by atoms with van der Waals surface area (Å²) in [5, 5.41) is 0.509. The third-order valence-electron chi connectivity index (χ3n) is 1.98. The van der Waals surface area contributed by atoms with Gasteiger partial charge >= 0.3 is 0 Å². The lowest BCUT2D eigenvalue weighted by molar-refractivity contribution is 0.411. The lowest BCUT2D eigenvalue weighted by Gasteiger charge is -2.11. The smallest absolute Gasteiger partial charge is 0.137 e. The summed E-state index contributed by atoms with van der Waals surface area (Å²) in [5.41, 5.74) is 0.795. The van der Waals surface area contributed by atoms with Crippen LogP contribution in [-0.2, 0) is 0 Å². The maximum absolute atomic E-state index is 12.4. The van der Waals surface area contributed by atoms with E-state index in [0.717, 1.165) is 5.56 Å². The van der Waals surface area contributed by atoms with Crippen molar-refractivity contribution in [3.63, 3.8) is 0 Å². The zero-order valence-corrected chi connectivity index (χ0v) is 8.44. The van der Waals surface area contributed by atoms with Crippen LogP contribution in [0.2, 0.25) is 5.02 Å². The second-order valence-electron chi connectivity index (χ2n) is 2.92. The standard InChI is InChI=1S/C10H12ClFO/c1-7(6-12)8-4-3-5-9(13-2)10(8)11/h3-5,7H,6H2,1-2H3. The van der Waals surface area contributed by atoms with Gasteiger partial charge in [-0.15, -0.1) is 0 Å². The summed E-state index contributed by atoms with van der Waals surface area (Å²) in [6.07, 6.45) is 0. The van der Waals surface area contributed by atoms with E-state index in [4.69, 9.17) is 16.3 Å². The molecule has 1 nitrogen and oxygen atoms in total. The molecule has 0 bridgehead atoms. The molecule has 1 aromatic rings. The molecule has 0 aromatic heterocycles. The van der Waals surface area contributed by atoms with Crippen molar-refractivity contribution in [2.45, 2.75) is 12.8 Å². The highest BCUT2D eigenvalue weighted by atomic mass is 35.5. The first kappa shape index (κ1) is 10.3. The average molecular weight is 203 g/mol. The summed E-state index contributed by atoms with van der Waals surface area (Å²) in [6.45, 7) is 1.38. The first-order valence-electron chi connectivity index (χ1n) is 4.09. The Morgan fingerprint density at radius 1 is 1.54 bits per heavy atom. The van der Waals surface area contributed by atoms with Crippen molar-refractivity contribution in [1.82, 2.24) is 0 Å². The Balaban J connectivity index is 3.08. The van der Waals surface area contributed by atoms with Gasteiger partial charge in [0.15, 0.2) is 0 Å². The van der Waals surface area contributed by atoms with Crippen LogP contribution in [0.25, 0.3) is 0 Å². The molecule has 0 aliphatic heterocycles. The van der Waals surface area contributed by atoms with Gasteiger partial charge in [0, 0.05) is 5.92 Å². The fourth-order valence-corrected chi connectivity index (χ4v) is 1.54. The summed E-state index contributed by atoms with van der Waals surface area (Å²) < 4.78 is 17.4. The van der Waals surface area contributed by atoms with E-state index in [2.05, 4.69) is 0 Å². The average Bonchev–Trinajstić information content (AvgIpc) is 2.17. The number of ether oxygens (including phenoxy) is 1. The number of hydrogen-bond donors (Lipinski definition) is 0. The zero-order chi connectivity index (χ0) is 9.84. The topological polar surface area (TPSA) is 9.23 Å². The van der Waals surface area contributed by atoms with Crippen molar-refractivity contribution in [3.05, 3.63) is 28.8 Å². The Morgan fingerprint density at radius 3 is 2.77 bits per heavy atom. The molecule has 0 N–H and O–H groups in total. The van der Waals surface area contributed by atoms with Gasteiger partial charge in [-0.25, -0.2) is 0 Å². The summed E-state index contributed by atoms with van der Waals surface area (Å²) in [4.78, 5) is 0. The van der Waals surface area contributed by atoms with Gasteiger partial charge in [-0.1, -0.05) is 30.7 Å². The van der Waals surface area contributed by atoms with Gasteiger partial charge in [0.25, 0.3) is 0 Å². The third-order valence-corrected chi connectivity index (χ3v) is 2.38. The molecule has 0 aliphatic rings. The van der Waals surface area contributed by atoms with Gasteiger partial charge in [-0.3, -0.25) is 4.39 Å². The molecule has 1 rings (SSSR count). The van der Waals surface area contributed by atoms with Crippen molar-refractivity contribution >= 4 is 11.6 Å². The summed E-state index contributed by atoms with van der Waals surface area (Å²) in [6, 6.07) is 5.39. The van der Waals surface area contributed by atoms with Crippen LogP contribution < -0.4 is 4.74 Å². The molecule has 1 unspecified atom stereocenters. The van der Waals surface area contributed by atoms with E-state index in [0.29, 0.717) is 10.8 Å². The van der Waals surface area contributed by atoms with E-state index in [1.54, 1.807) is 20.1 Å². The van der Waals surface area contributed by atoms with Crippen LogP contribution >= 0.6 is 11.6 Å². The summed E-state index contributed by atoms with van der Waals surface area (Å²) in [5.74, 6) is 0.419. The molecule has 0 spiro atoms. The van der Waals surface area contributed by atoms with Crippen molar-refractivity contribution < 1.29 is 9.13 Å². The van der Waals surface area contributed by atoms with Crippen LogP contribution in [0.15, 0.2) is 18.2 Å². The number of alkyl halides is 1. The van der Waals surface area contributed by atoms with Crippen LogP contribution in [0.4, 0.5) is 4.39 Å². The number of methoxy groups -OCH3 is 1. The third kappa shape index (κ3) is 2.13. The molecule has 0 saturated carbocycles. The highest BCUT2D eigenvalue weighted by molar-refractivity contribution is 6.32. The van der Waals surface area contributed by atoms with Crippen molar-refractivity contribution in [2.24, 2.45) is 0 Å². The minimum Gasteiger partial charge on any atom is -0.495 e.